The fraction of sp³-hybridized carbons (Fsp3) is 0.800. The van der Waals surface area contributed by atoms with Gasteiger partial charge in [-0.3, -0.25) is 0 Å². The van der Waals surface area contributed by atoms with Gasteiger partial charge in [-0.05, 0) is 39.0 Å². The van der Waals surface area contributed by atoms with E-state index in [-0.39, 0.29) is 0 Å². The van der Waals surface area contributed by atoms with Crippen LogP contribution in [-0.4, -0.2) is 30.7 Å². The third-order valence-electron chi connectivity index (χ3n) is 4.23. The zero-order valence-corrected chi connectivity index (χ0v) is 13.3. The Morgan fingerprint density at radius 2 is 2.20 bits per heavy atom. The second-order valence-corrected chi connectivity index (χ2v) is 7.05. The maximum absolute atomic E-state index is 5.32. The van der Waals surface area contributed by atoms with E-state index in [9.17, 15) is 0 Å². The van der Waals surface area contributed by atoms with Gasteiger partial charge in [0.1, 0.15) is 0 Å². The lowest BCUT2D eigenvalue weighted by Crippen LogP contribution is -2.37. The Balaban J connectivity index is 1.73. The number of ether oxygens (including phenoxy) is 1. The first-order valence-electron chi connectivity index (χ1n) is 7.75. The van der Waals surface area contributed by atoms with Crippen molar-refractivity contribution in [3.63, 3.8) is 0 Å². The second kappa shape index (κ2) is 6.41. The number of nitrogens with one attached hydrogen (secondary N) is 1. The van der Waals surface area contributed by atoms with E-state index in [1.54, 1.807) is 7.11 Å². The van der Waals surface area contributed by atoms with Crippen LogP contribution in [0.2, 0.25) is 0 Å². The minimum atomic E-state index is 0.620. The standard InChI is InChI=1S/C15H25N3OS/c1-11-5-3-4-8-18(11)15-17-13(10-19-2)14(20-15)9-16-12-6-7-12/h11-12,16H,3-10H2,1-2H3. The lowest BCUT2D eigenvalue weighted by Gasteiger charge is -2.33. The van der Waals surface area contributed by atoms with Crippen molar-refractivity contribution >= 4 is 16.5 Å². The topological polar surface area (TPSA) is 37.4 Å². The molecule has 1 aliphatic heterocycles. The van der Waals surface area contributed by atoms with Crippen LogP contribution in [0.3, 0.4) is 0 Å². The van der Waals surface area contributed by atoms with E-state index in [2.05, 4.69) is 17.1 Å². The summed E-state index contributed by atoms with van der Waals surface area (Å²) in [5, 5.41) is 4.79. The van der Waals surface area contributed by atoms with Gasteiger partial charge in [-0.1, -0.05) is 0 Å². The van der Waals surface area contributed by atoms with Gasteiger partial charge in [-0.25, -0.2) is 4.98 Å². The summed E-state index contributed by atoms with van der Waals surface area (Å²) in [4.78, 5) is 8.69. The van der Waals surface area contributed by atoms with E-state index in [4.69, 9.17) is 9.72 Å². The predicted octanol–water partition coefficient (Wildman–Crippen LogP) is 2.92. The Morgan fingerprint density at radius 3 is 2.90 bits per heavy atom. The van der Waals surface area contributed by atoms with Gasteiger partial charge < -0.3 is 15.0 Å². The minimum absolute atomic E-state index is 0.620. The molecule has 1 saturated carbocycles. The van der Waals surface area contributed by atoms with Crippen LogP contribution in [-0.2, 0) is 17.9 Å². The average molecular weight is 295 g/mol. The number of piperidine rings is 1. The van der Waals surface area contributed by atoms with Crippen LogP contribution < -0.4 is 10.2 Å². The van der Waals surface area contributed by atoms with Crippen molar-refractivity contribution in [3.05, 3.63) is 10.6 Å². The van der Waals surface area contributed by atoms with Crippen molar-refractivity contribution in [1.82, 2.24) is 10.3 Å². The molecule has 0 amide bonds. The molecule has 0 radical (unpaired) electrons. The molecule has 1 saturated heterocycles. The van der Waals surface area contributed by atoms with Crippen molar-refractivity contribution in [2.45, 2.75) is 64.3 Å². The molecular weight excluding hydrogens is 270 g/mol. The van der Waals surface area contributed by atoms with Gasteiger partial charge in [0, 0.05) is 37.2 Å². The molecule has 1 N–H and O–H groups in total. The van der Waals surface area contributed by atoms with Crippen LogP contribution >= 0.6 is 11.3 Å². The first-order valence-corrected chi connectivity index (χ1v) is 8.57. The number of aromatic nitrogens is 1. The van der Waals surface area contributed by atoms with E-state index in [1.165, 1.54) is 42.1 Å². The van der Waals surface area contributed by atoms with Crippen LogP contribution in [0.4, 0.5) is 5.13 Å². The molecule has 1 unspecified atom stereocenters. The van der Waals surface area contributed by atoms with Crippen molar-refractivity contribution < 1.29 is 4.74 Å². The number of hydrogen-bond donors (Lipinski definition) is 1. The first kappa shape index (κ1) is 14.3. The Hall–Kier alpha value is -0.650. The first-order chi connectivity index (χ1) is 9.78. The quantitative estimate of drug-likeness (QED) is 0.875. The highest BCUT2D eigenvalue weighted by atomic mass is 32.1. The third kappa shape index (κ3) is 3.32. The molecule has 20 heavy (non-hydrogen) atoms. The normalized spacial score (nSPS) is 23.3. The Morgan fingerprint density at radius 1 is 1.35 bits per heavy atom. The predicted molar refractivity (Wildman–Crippen MR) is 83.3 cm³/mol. The lowest BCUT2D eigenvalue weighted by molar-refractivity contribution is 0.181. The monoisotopic (exact) mass is 295 g/mol. The van der Waals surface area contributed by atoms with Gasteiger partial charge in [0.05, 0.1) is 12.3 Å². The van der Waals surface area contributed by atoms with Gasteiger partial charge in [-0.15, -0.1) is 11.3 Å². The van der Waals surface area contributed by atoms with E-state index in [0.29, 0.717) is 12.6 Å². The summed E-state index contributed by atoms with van der Waals surface area (Å²) in [5.74, 6) is 0. The molecule has 112 valence electrons. The highest BCUT2D eigenvalue weighted by molar-refractivity contribution is 7.15. The summed E-state index contributed by atoms with van der Waals surface area (Å²) in [5.41, 5.74) is 1.12. The van der Waals surface area contributed by atoms with Gasteiger partial charge in [0.15, 0.2) is 5.13 Å². The molecule has 0 spiro atoms. The molecule has 4 nitrogen and oxygen atoms in total. The molecule has 1 atom stereocenters. The molecule has 5 heteroatoms. The smallest absolute Gasteiger partial charge is 0.186 e. The lowest BCUT2D eigenvalue weighted by atomic mass is 10.1. The van der Waals surface area contributed by atoms with E-state index >= 15 is 0 Å². The number of methoxy groups -OCH3 is 1. The molecule has 2 fully saturated rings. The van der Waals surface area contributed by atoms with Crippen LogP contribution in [0, 0.1) is 0 Å². The van der Waals surface area contributed by atoms with Crippen molar-refractivity contribution in [2.24, 2.45) is 0 Å². The number of rotatable bonds is 6. The molecular formula is C15H25N3OS. The van der Waals surface area contributed by atoms with Crippen LogP contribution in [0.25, 0.3) is 0 Å². The summed E-state index contributed by atoms with van der Waals surface area (Å²) < 4.78 is 5.32. The maximum Gasteiger partial charge on any atom is 0.186 e. The summed E-state index contributed by atoms with van der Waals surface area (Å²) in [6.45, 7) is 5.04. The zero-order valence-electron chi connectivity index (χ0n) is 12.5. The molecule has 0 bridgehead atoms. The summed E-state index contributed by atoms with van der Waals surface area (Å²) in [7, 11) is 1.75. The highest BCUT2D eigenvalue weighted by Crippen LogP contribution is 2.32. The number of thiazole rings is 1. The average Bonchev–Trinajstić information content (AvgIpc) is 3.19. The minimum Gasteiger partial charge on any atom is -0.378 e. The molecule has 0 aromatic carbocycles. The van der Waals surface area contributed by atoms with Gasteiger partial charge in [-0.2, -0.15) is 0 Å². The second-order valence-electron chi connectivity index (χ2n) is 5.99. The van der Waals surface area contributed by atoms with Gasteiger partial charge >= 0.3 is 0 Å². The molecule has 3 rings (SSSR count). The van der Waals surface area contributed by atoms with E-state index in [0.717, 1.165) is 24.8 Å². The Bertz CT molecular complexity index is 444. The third-order valence-corrected chi connectivity index (χ3v) is 5.36. The van der Waals surface area contributed by atoms with E-state index in [1.807, 2.05) is 11.3 Å². The number of nitrogens with zero attached hydrogens (tertiary/aromatic N) is 2. The van der Waals surface area contributed by atoms with Crippen LogP contribution in [0.1, 0.15) is 49.6 Å². The molecule has 1 aliphatic carbocycles. The van der Waals surface area contributed by atoms with Gasteiger partial charge in [0.25, 0.3) is 0 Å². The largest absolute Gasteiger partial charge is 0.378 e. The summed E-state index contributed by atoms with van der Waals surface area (Å²) in [6.07, 6.45) is 6.58. The zero-order chi connectivity index (χ0) is 13.9. The molecule has 1 aromatic heterocycles. The van der Waals surface area contributed by atoms with Crippen molar-refractivity contribution in [1.29, 1.82) is 0 Å². The number of anilines is 1. The van der Waals surface area contributed by atoms with E-state index < -0.39 is 0 Å². The van der Waals surface area contributed by atoms with Gasteiger partial charge in [0.2, 0.25) is 0 Å². The van der Waals surface area contributed by atoms with Crippen LogP contribution in [0.5, 0.6) is 0 Å². The maximum atomic E-state index is 5.32. The summed E-state index contributed by atoms with van der Waals surface area (Å²) >= 11 is 1.85. The molecule has 1 aromatic rings. The SMILES string of the molecule is COCc1nc(N2CCCCC2C)sc1CNC1CC1. The van der Waals surface area contributed by atoms with Crippen molar-refractivity contribution in [2.75, 3.05) is 18.6 Å². The molecule has 2 heterocycles. The fourth-order valence-electron chi connectivity index (χ4n) is 2.79. The van der Waals surface area contributed by atoms with Crippen molar-refractivity contribution in [3.8, 4) is 0 Å². The fourth-order valence-corrected chi connectivity index (χ4v) is 3.93. The van der Waals surface area contributed by atoms with Crippen LogP contribution in [0.15, 0.2) is 0 Å². The summed E-state index contributed by atoms with van der Waals surface area (Å²) in [6, 6.07) is 1.36. The molecule has 2 aliphatic rings. The highest BCUT2D eigenvalue weighted by Gasteiger charge is 2.25. The number of hydrogen-bond acceptors (Lipinski definition) is 5. The Kier molecular flexibility index (Phi) is 4.58. The Labute approximate surface area is 125 Å².